The number of amides is 1. The minimum Gasteiger partial charge on any atom is -0.482 e. The number of aromatic nitrogens is 1. The normalized spacial score (nSPS) is 13.5. The summed E-state index contributed by atoms with van der Waals surface area (Å²) in [6.45, 7) is 6.19. The number of aliphatic imine (C=N–C) groups is 1. The summed E-state index contributed by atoms with van der Waals surface area (Å²) in [4.78, 5) is 24.0. The molecule has 1 amide bonds. The number of ether oxygens (including phenoxy) is 1. The highest BCUT2D eigenvalue weighted by Gasteiger charge is 2.24. The molecule has 2 aromatic rings. The van der Waals surface area contributed by atoms with Crippen LogP contribution in [0.15, 0.2) is 29.3 Å². The summed E-state index contributed by atoms with van der Waals surface area (Å²) >= 11 is 1.70. The first-order chi connectivity index (χ1) is 13.1. The van der Waals surface area contributed by atoms with Crippen molar-refractivity contribution in [1.29, 1.82) is 0 Å². The molecule has 0 saturated heterocycles. The summed E-state index contributed by atoms with van der Waals surface area (Å²) in [5.41, 5.74) is 1.92. The first kappa shape index (κ1) is 22.4. The predicted octanol–water partition coefficient (Wildman–Crippen LogP) is 2.86. The Balaban J connectivity index is 0.00000280. The number of anilines is 1. The fourth-order valence-corrected chi connectivity index (χ4v) is 3.71. The van der Waals surface area contributed by atoms with E-state index in [0.717, 1.165) is 34.5 Å². The Bertz CT molecular complexity index is 820. The van der Waals surface area contributed by atoms with Crippen molar-refractivity contribution in [3.8, 4) is 5.75 Å². The molecule has 1 aromatic carbocycles. The van der Waals surface area contributed by atoms with Gasteiger partial charge in [0.1, 0.15) is 10.8 Å². The van der Waals surface area contributed by atoms with Crippen molar-refractivity contribution in [2.45, 2.75) is 26.8 Å². The number of fused-ring (bicyclic) bond motifs is 1. The van der Waals surface area contributed by atoms with E-state index in [1.807, 2.05) is 31.2 Å². The maximum Gasteiger partial charge on any atom is 0.265 e. The van der Waals surface area contributed by atoms with Crippen LogP contribution in [0.25, 0.3) is 0 Å². The van der Waals surface area contributed by atoms with Crippen LogP contribution in [0, 0.1) is 13.8 Å². The van der Waals surface area contributed by atoms with E-state index in [2.05, 4.69) is 27.5 Å². The molecule has 0 saturated carbocycles. The zero-order valence-electron chi connectivity index (χ0n) is 16.3. The molecular weight excluding hydrogens is 489 g/mol. The standard InChI is InChI=1S/C19H25N5O2S.HI/c1-13-14(2)27-17(23-13)11-22-19(20-3)21-9-6-10-24-15-7-4-5-8-16(15)26-12-18(24)25;/h4-5,7-8H,6,9-12H2,1-3H3,(H2,20,21,22);1H. The number of thiazole rings is 1. The molecule has 7 nitrogen and oxygen atoms in total. The summed E-state index contributed by atoms with van der Waals surface area (Å²) in [7, 11) is 1.75. The van der Waals surface area contributed by atoms with Crippen molar-refractivity contribution in [2.24, 2.45) is 4.99 Å². The van der Waals surface area contributed by atoms with E-state index in [9.17, 15) is 4.79 Å². The first-order valence-electron chi connectivity index (χ1n) is 8.98. The molecule has 0 spiro atoms. The number of aryl methyl sites for hydroxylation is 2. The predicted molar refractivity (Wildman–Crippen MR) is 124 cm³/mol. The highest BCUT2D eigenvalue weighted by molar-refractivity contribution is 14.0. The van der Waals surface area contributed by atoms with Gasteiger partial charge in [0, 0.05) is 25.0 Å². The number of carbonyl (C=O) groups excluding carboxylic acids is 1. The van der Waals surface area contributed by atoms with Gasteiger partial charge < -0.3 is 20.3 Å². The minimum absolute atomic E-state index is 0. The van der Waals surface area contributed by atoms with Gasteiger partial charge in [-0.05, 0) is 32.4 Å². The summed E-state index contributed by atoms with van der Waals surface area (Å²) in [5.74, 6) is 1.48. The van der Waals surface area contributed by atoms with E-state index in [4.69, 9.17) is 4.74 Å². The molecule has 0 aliphatic carbocycles. The van der Waals surface area contributed by atoms with Crippen molar-refractivity contribution < 1.29 is 9.53 Å². The molecule has 9 heteroatoms. The smallest absolute Gasteiger partial charge is 0.265 e. The highest BCUT2D eigenvalue weighted by atomic mass is 127. The lowest BCUT2D eigenvalue weighted by molar-refractivity contribution is -0.121. The van der Waals surface area contributed by atoms with E-state index in [-0.39, 0.29) is 36.5 Å². The summed E-state index contributed by atoms with van der Waals surface area (Å²) < 4.78 is 5.47. The van der Waals surface area contributed by atoms with Gasteiger partial charge in [0.05, 0.1) is 17.9 Å². The van der Waals surface area contributed by atoms with Crippen molar-refractivity contribution in [3.05, 3.63) is 39.8 Å². The first-order valence-corrected chi connectivity index (χ1v) is 9.79. The number of guanidine groups is 1. The summed E-state index contributed by atoms with van der Waals surface area (Å²) in [5, 5.41) is 7.61. The van der Waals surface area contributed by atoms with E-state index < -0.39 is 0 Å². The van der Waals surface area contributed by atoms with Crippen molar-refractivity contribution >= 4 is 52.9 Å². The van der Waals surface area contributed by atoms with Gasteiger partial charge in [0.2, 0.25) is 0 Å². The average Bonchev–Trinajstić information content (AvgIpc) is 3.00. The number of hydrogen-bond donors (Lipinski definition) is 2. The van der Waals surface area contributed by atoms with Crippen LogP contribution in [0.3, 0.4) is 0 Å². The molecule has 0 unspecified atom stereocenters. The van der Waals surface area contributed by atoms with Crippen LogP contribution in [-0.2, 0) is 11.3 Å². The Morgan fingerprint density at radius 1 is 1.32 bits per heavy atom. The largest absolute Gasteiger partial charge is 0.482 e. The molecule has 1 aliphatic heterocycles. The monoisotopic (exact) mass is 515 g/mol. The molecular formula is C19H26IN5O2S. The minimum atomic E-state index is -0.00860. The second-order valence-corrected chi connectivity index (χ2v) is 7.54. The van der Waals surface area contributed by atoms with Gasteiger partial charge in [-0.1, -0.05) is 12.1 Å². The highest BCUT2D eigenvalue weighted by Crippen LogP contribution is 2.31. The average molecular weight is 515 g/mol. The second-order valence-electron chi connectivity index (χ2n) is 6.26. The quantitative estimate of drug-likeness (QED) is 0.268. The van der Waals surface area contributed by atoms with Gasteiger partial charge in [-0.2, -0.15) is 0 Å². The molecule has 1 aliphatic rings. The molecule has 0 atom stereocenters. The maximum atomic E-state index is 12.2. The van der Waals surface area contributed by atoms with Gasteiger partial charge in [-0.15, -0.1) is 35.3 Å². The van der Waals surface area contributed by atoms with Crippen LogP contribution in [0.5, 0.6) is 5.75 Å². The zero-order valence-corrected chi connectivity index (χ0v) is 19.5. The third kappa shape index (κ3) is 5.57. The fraction of sp³-hybridized carbons (Fsp3) is 0.421. The molecule has 2 N–H and O–H groups in total. The lowest BCUT2D eigenvalue weighted by Gasteiger charge is -2.29. The van der Waals surface area contributed by atoms with Crippen LogP contribution in [0.1, 0.15) is 22.0 Å². The van der Waals surface area contributed by atoms with Crippen LogP contribution in [0.4, 0.5) is 5.69 Å². The number of halogens is 1. The summed E-state index contributed by atoms with van der Waals surface area (Å²) in [6, 6.07) is 7.63. The van der Waals surface area contributed by atoms with E-state index in [1.165, 1.54) is 4.88 Å². The van der Waals surface area contributed by atoms with E-state index in [1.54, 1.807) is 23.3 Å². The molecule has 3 rings (SSSR count). The molecule has 0 radical (unpaired) electrons. The molecule has 0 fully saturated rings. The lowest BCUT2D eigenvalue weighted by Crippen LogP contribution is -2.41. The fourth-order valence-electron chi connectivity index (χ4n) is 2.84. The molecule has 28 heavy (non-hydrogen) atoms. The van der Waals surface area contributed by atoms with Gasteiger partial charge in [0.15, 0.2) is 12.6 Å². The molecule has 0 bridgehead atoms. The number of nitrogens with zero attached hydrogens (tertiary/aromatic N) is 3. The zero-order chi connectivity index (χ0) is 19.2. The molecule has 1 aromatic heterocycles. The van der Waals surface area contributed by atoms with Crippen LogP contribution < -0.4 is 20.3 Å². The second kappa shape index (κ2) is 10.6. The number of rotatable bonds is 6. The number of nitrogens with one attached hydrogen (secondary N) is 2. The van der Waals surface area contributed by atoms with Gasteiger partial charge >= 0.3 is 0 Å². The molecule has 2 heterocycles. The van der Waals surface area contributed by atoms with Crippen molar-refractivity contribution in [1.82, 2.24) is 15.6 Å². The van der Waals surface area contributed by atoms with E-state index >= 15 is 0 Å². The number of benzene rings is 1. The Morgan fingerprint density at radius 3 is 2.82 bits per heavy atom. The number of hydrogen-bond acceptors (Lipinski definition) is 5. The van der Waals surface area contributed by atoms with Gasteiger partial charge in [-0.25, -0.2) is 4.98 Å². The Kier molecular flexibility index (Phi) is 8.49. The maximum absolute atomic E-state index is 12.2. The van der Waals surface area contributed by atoms with Crippen LogP contribution >= 0.6 is 35.3 Å². The van der Waals surface area contributed by atoms with Crippen molar-refractivity contribution in [3.63, 3.8) is 0 Å². The number of carbonyl (C=O) groups is 1. The van der Waals surface area contributed by atoms with Crippen molar-refractivity contribution in [2.75, 3.05) is 31.6 Å². The van der Waals surface area contributed by atoms with E-state index in [0.29, 0.717) is 19.6 Å². The Morgan fingerprint density at radius 2 is 2.11 bits per heavy atom. The Labute approximate surface area is 186 Å². The Hall–Kier alpha value is -1.88. The number of para-hydroxylation sites is 2. The SMILES string of the molecule is CN=C(NCCCN1C(=O)COc2ccccc21)NCc1nc(C)c(C)s1.I. The van der Waals surface area contributed by atoms with Crippen LogP contribution in [-0.4, -0.2) is 43.6 Å². The van der Waals surface area contributed by atoms with Gasteiger partial charge in [0.25, 0.3) is 5.91 Å². The summed E-state index contributed by atoms with van der Waals surface area (Å²) in [6.07, 6.45) is 0.802. The topological polar surface area (TPSA) is 78.9 Å². The third-order valence-electron chi connectivity index (χ3n) is 4.36. The van der Waals surface area contributed by atoms with Crippen LogP contribution in [0.2, 0.25) is 0 Å². The van der Waals surface area contributed by atoms with Gasteiger partial charge in [-0.3, -0.25) is 9.79 Å². The third-order valence-corrected chi connectivity index (χ3v) is 5.44. The molecule has 152 valence electrons. The lowest BCUT2D eigenvalue weighted by atomic mass is 10.2.